The summed E-state index contributed by atoms with van der Waals surface area (Å²) >= 11 is 0. The SMILES string of the molecule is c1ccc(-c2nc(-c3ccccc3)nc(N3c4ccccc4-c4cccc5cccc(c45)-c4ccccc43)n2)cc1. The summed E-state index contributed by atoms with van der Waals surface area (Å²) in [6.45, 7) is 0. The van der Waals surface area contributed by atoms with E-state index in [2.05, 4.69) is 89.8 Å². The highest BCUT2D eigenvalue weighted by Crippen LogP contribution is 2.49. The van der Waals surface area contributed by atoms with Crippen molar-refractivity contribution in [3.05, 3.63) is 146 Å². The fraction of sp³-hybridized carbons (Fsp3) is 0. The van der Waals surface area contributed by atoms with Gasteiger partial charge in [-0.1, -0.05) is 133 Å². The van der Waals surface area contributed by atoms with Gasteiger partial charge in [0.1, 0.15) is 0 Å². The van der Waals surface area contributed by atoms with Crippen LogP contribution in [0.4, 0.5) is 17.3 Å². The van der Waals surface area contributed by atoms with Crippen molar-refractivity contribution in [2.45, 2.75) is 0 Å². The normalized spacial score (nSPS) is 11.9. The molecule has 0 aliphatic carbocycles. The van der Waals surface area contributed by atoms with Crippen LogP contribution in [0.2, 0.25) is 0 Å². The van der Waals surface area contributed by atoms with E-state index in [1.54, 1.807) is 0 Å². The Labute approximate surface area is 238 Å². The lowest BCUT2D eigenvalue weighted by molar-refractivity contribution is 1.02. The van der Waals surface area contributed by atoms with E-state index in [9.17, 15) is 0 Å². The molecule has 1 aromatic heterocycles. The van der Waals surface area contributed by atoms with Gasteiger partial charge in [-0.05, 0) is 34.0 Å². The summed E-state index contributed by atoms with van der Waals surface area (Å²) in [5, 5.41) is 2.47. The van der Waals surface area contributed by atoms with Gasteiger partial charge in [-0.2, -0.15) is 9.97 Å². The van der Waals surface area contributed by atoms with Gasteiger partial charge in [0.05, 0.1) is 11.4 Å². The number of benzene rings is 6. The van der Waals surface area contributed by atoms with Crippen molar-refractivity contribution in [1.82, 2.24) is 15.0 Å². The van der Waals surface area contributed by atoms with Crippen molar-refractivity contribution in [2.75, 3.05) is 4.90 Å². The van der Waals surface area contributed by atoms with E-state index in [0.29, 0.717) is 17.6 Å². The van der Waals surface area contributed by atoms with Gasteiger partial charge in [0, 0.05) is 22.3 Å². The van der Waals surface area contributed by atoms with E-state index in [1.165, 1.54) is 21.9 Å². The average molecular weight is 525 g/mol. The van der Waals surface area contributed by atoms with Crippen molar-refractivity contribution in [1.29, 1.82) is 0 Å². The summed E-state index contributed by atoms with van der Waals surface area (Å²) in [5.41, 5.74) is 8.56. The molecule has 41 heavy (non-hydrogen) atoms. The molecule has 0 saturated carbocycles. The van der Waals surface area contributed by atoms with E-state index >= 15 is 0 Å². The average Bonchev–Trinajstić information content (AvgIpc) is 3.05. The van der Waals surface area contributed by atoms with E-state index in [0.717, 1.165) is 33.6 Å². The molecule has 0 N–H and O–H groups in total. The molecule has 2 heterocycles. The zero-order valence-corrected chi connectivity index (χ0v) is 22.1. The van der Waals surface area contributed by atoms with Crippen LogP contribution in [0.25, 0.3) is 55.8 Å². The van der Waals surface area contributed by atoms with Crippen LogP contribution < -0.4 is 4.90 Å². The molecule has 0 fully saturated rings. The van der Waals surface area contributed by atoms with Crippen molar-refractivity contribution in [2.24, 2.45) is 0 Å². The fourth-order valence-corrected chi connectivity index (χ4v) is 5.83. The largest absolute Gasteiger partial charge is 0.278 e. The molecular weight excluding hydrogens is 500 g/mol. The highest BCUT2D eigenvalue weighted by molar-refractivity contribution is 6.12. The monoisotopic (exact) mass is 524 g/mol. The summed E-state index contributed by atoms with van der Waals surface area (Å²) in [6.07, 6.45) is 0. The molecule has 1 aliphatic heterocycles. The summed E-state index contributed by atoms with van der Waals surface area (Å²) < 4.78 is 0. The first-order valence-corrected chi connectivity index (χ1v) is 13.7. The Balaban J connectivity index is 1.48. The molecule has 4 nitrogen and oxygen atoms in total. The maximum Gasteiger partial charge on any atom is 0.238 e. The number of fused-ring (bicyclic) bond motifs is 4. The van der Waals surface area contributed by atoms with Crippen LogP contribution in [-0.2, 0) is 0 Å². The molecule has 192 valence electrons. The van der Waals surface area contributed by atoms with Gasteiger partial charge in [-0.15, -0.1) is 0 Å². The Morgan fingerprint density at radius 1 is 0.366 bits per heavy atom. The van der Waals surface area contributed by atoms with Crippen molar-refractivity contribution < 1.29 is 0 Å². The Morgan fingerprint density at radius 3 is 1.32 bits per heavy atom. The van der Waals surface area contributed by atoms with E-state index in [-0.39, 0.29) is 0 Å². The molecule has 8 rings (SSSR count). The standard InChI is InChI=1S/C37H24N4/c1-3-13-26(14-4-1)35-38-36(27-15-5-2-6-16-27)40-37(39-35)41-32-23-9-7-19-28(32)30-21-11-17-25-18-12-22-31(34(25)30)29-20-8-10-24-33(29)41/h1-24H. The molecule has 0 unspecified atom stereocenters. The predicted molar refractivity (Wildman–Crippen MR) is 167 cm³/mol. The van der Waals surface area contributed by atoms with Crippen LogP contribution in [0.5, 0.6) is 0 Å². The third-order valence-corrected chi connectivity index (χ3v) is 7.66. The van der Waals surface area contributed by atoms with Gasteiger partial charge in [0.15, 0.2) is 11.6 Å². The minimum Gasteiger partial charge on any atom is -0.278 e. The summed E-state index contributed by atoms with van der Waals surface area (Å²) in [7, 11) is 0. The van der Waals surface area contributed by atoms with Crippen LogP contribution in [0.15, 0.2) is 146 Å². The Hall–Kier alpha value is -5.61. The zero-order valence-electron chi connectivity index (χ0n) is 22.1. The highest BCUT2D eigenvalue weighted by Gasteiger charge is 2.27. The van der Waals surface area contributed by atoms with E-state index in [4.69, 9.17) is 15.0 Å². The van der Waals surface area contributed by atoms with Crippen molar-refractivity contribution in [3.8, 4) is 45.0 Å². The minimum absolute atomic E-state index is 0.573. The Bertz CT molecular complexity index is 1910. The van der Waals surface area contributed by atoms with Crippen LogP contribution >= 0.6 is 0 Å². The predicted octanol–water partition coefficient (Wildman–Crippen LogP) is 9.48. The van der Waals surface area contributed by atoms with Gasteiger partial charge in [0.25, 0.3) is 0 Å². The topological polar surface area (TPSA) is 41.9 Å². The molecule has 0 atom stereocenters. The number of hydrogen-bond donors (Lipinski definition) is 0. The van der Waals surface area contributed by atoms with Gasteiger partial charge in [-0.25, -0.2) is 4.98 Å². The summed E-state index contributed by atoms with van der Waals surface area (Å²) in [6, 6.07) is 50.4. The Morgan fingerprint density at radius 2 is 0.805 bits per heavy atom. The molecule has 0 spiro atoms. The Kier molecular flexibility index (Phi) is 5.42. The third-order valence-electron chi connectivity index (χ3n) is 7.66. The van der Waals surface area contributed by atoms with Crippen LogP contribution in [0, 0.1) is 0 Å². The molecule has 0 radical (unpaired) electrons. The second kappa shape index (κ2) is 9.54. The van der Waals surface area contributed by atoms with E-state index in [1.807, 2.05) is 60.7 Å². The molecule has 4 heteroatoms. The van der Waals surface area contributed by atoms with Crippen LogP contribution in [0.3, 0.4) is 0 Å². The lowest BCUT2D eigenvalue weighted by Crippen LogP contribution is -2.17. The molecule has 7 aromatic rings. The summed E-state index contributed by atoms with van der Waals surface area (Å²) in [5.74, 6) is 1.84. The molecule has 0 bridgehead atoms. The number of para-hydroxylation sites is 2. The first-order chi connectivity index (χ1) is 20.3. The maximum absolute atomic E-state index is 5.13. The number of hydrogen-bond acceptors (Lipinski definition) is 4. The van der Waals surface area contributed by atoms with Crippen LogP contribution in [-0.4, -0.2) is 15.0 Å². The quantitative estimate of drug-likeness (QED) is 0.231. The van der Waals surface area contributed by atoms with Crippen LogP contribution in [0.1, 0.15) is 0 Å². The highest BCUT2D eigenvalue weighted by atomic mass is 15.3. The fourth-order valence-electron chi connectivity index (χ4n) is 5.83. The lowest BCUT2D eigenvalue weighted by atomic mass is 9.88. The second-order valence-electron chi connectivity index (χ2n) is 10.1. The third kappa shape index (κ3) is 3.88. The minimum atomic E-state index is 0.573. The lowest BCUT2D eigenvalue weighted by Gasteiger charge is -2.31. The van der Waals surface area contributed by atoms with Crippen molar-refractivity contribution >= 4 is 28.1 Å². The van der Waals surface area contributed by atoms with Gasteiger partial charge in [-0.3, -0.25) is 4.90 Å². The smallest absolute Gasteiger partial charge is 0.238 e. The van der Waals surface area contributed by atoms with E-state index < -0.39 is 0 Å². The zero-order chi connectivity index (χ0) is 27.2. The van der Waals surface area contributed by atoms with Gasteiger partial charge >= 0.3 is 0 Å². The van der Waals surface area contributed by atoms with Crippen molar-refractivity contribution in [3.63, 3.8) is 0 Å². The number of rotatable bonds is 3. The maximum atomic E-state index is 5.13. The number of aromatic nitrogens is 3. The first kappa shape index (κ1) is 23.3. The molecule has 0 amide bonds. The molecule has 1 aliphatic rings. The second-order valence-corrected chi connectivity index (χ2v) is 10.1. The molecular formula is C37H24N4. The molecule has 6 aromatic carbocycles. The summed E-state index contributed by atoms with van der Waals surface area (Å²) in [4.78, 5) is 17.4. The molecule has 0 saturated heterocycles. The van der Waals surface area contributed by atoms with Gasteiger partial charge < -0.3 is 0 Å². The number of nitrogens with zero attached hydrogens (tertiary/aromatic N) is 4. The van der Waals surface area contributed by atoms with Gasteiger partial charge in [0.2, 0.25) is 5.95 Å². The number of anilines is 3. The first-order valence-electron chi connectivity index (χ1n) is 13.7.